The lowest BCUT2D eigenvalue weighted by atomic mass is 9.95. The minimum Gasteiger partial charge on any atom is -0.507 e. The number of nitrogens with zero attached hydrogens (tertiary/aromatic N) is 2. The molecule has 3 aromatic rings. The Morgan fingerprint density at radius 1 is 1.08 bits per heavy atom. The number of ether oxygens (including phenoxy) is 2. The van der Waals surface area contributed by atoms with E-state index in [1.54, 1.807) is 37.3 Å². The number of amides is 1. The van der Waals surface area contributed by atoms with Crippen molar-refractivity contribution in [2.24, 2.45) is 5.92 Å². The molecule has 1 aliphatic heterocycles. The van der Waals surface area contributed by atoms with Gasteiger partial charge >= 0.3 is 6.36 Å². The molecule has 38 heavy (non-hydrogen) atoms. The Labute approximate surface area is 217 Å². The summed E-state index contributed by atoms with van der Waals surface area (Å²) in [5.41, 5.74) is 1.20. The van der Waals surface area contributed by atoms with Crippen LogP contribution in [0.25, 0.3) is 5.76 Å². The molecule has 10 heteroatoms. The highest BCUT2D eigenvalue weighted by molar-refractivity contribution is 6.51. The van der Waals surface area contributed by atoms with Crippen LogP contribution in [-0.4, -0.2) is 34.8 Å². The molecular formula is C28H25F3N2O5. The smallest absolute Gasteiger partial charge is 0.507 e. The number of anilines is 1. The van der Waals surface area contributed by atoms with Crippen molar-refractivity contribution in [2.45, 2.75) is 33.2 Å². The Balaban J connectivity index is 1.82. The van der Waals surface area contributed by atoms with Crippen LogP contribution < -0.4 is 14.4 Å². The van der Waals surface area contributed by atoms with Crippen LogP contribution in [0.1, 0.15) is 36.6 Å². The number of carbonyl (C=O) groups excluding carboxylic acids is 2. The zero-order valence-electron chi connectivity index (χ0n) is 20.8. The number of ketones is 1. The Bertz CT molecular complexity index is 1390. The zero-order chi connectivity index (χ0) is 27.6. The monoisotopic (exact) mass is 526 g/mol. The summed E-state index contributed by atoms with van der Waals surface area (Å²) in [6, 6.07) is 11.6. The van der Waals surface area contributed by atoms with Gasteiger partial charge in [0, 0.05) is 29.7 Å². The number of pyridine rings is 1. The molecule has 2 heterocycles. The van der Waals surface area contributed by atoms with Gasteiger partial charge in [0.15, 0.2) is 0 Å². The van der Waals surface area contributed by atoms with Gasteiger partial charge in [0.05, 0.1) is 18.2 Å². The first-order chi connectivity index (χ1) is 18.0. The van der Waals surface area contributed by atoms with Crippen molar-refractivity contribution in [3.8, 4) is 11.5 Å². The van der Waals surface area contributed by atoms with Crippen LogP contribution in [0.5, 0.6) is 11.5 Å². The number of Topliss-reactive ketones (excluding diaryl/α,β-unsaturated/α-hetero) is 1. The average molecular weight is 527 g/mol. The van der Waals surface area contributed by atoms with Gasteiger partial charge in [-0.2, -0.15) is 0 Å². The van der Waals surface area contributed by atoms with Gasteiger partial charge in [0.25, 0.3) is 11.7 Å². The fourth-order valence-corrected chi connectivity index (χ4v) is 4.16. The van der Waals surface area contributed by atoms with E-state index in [0.717, 1.165) is 17.0 Å². The van der Waals surface area contributed by atoms with Gasteiger partial charge in [-0.1, -0.05) is 19.9 Å². The minimum atomic E-state index is -4.94. The van der Waals surface area contributed by atoms with Crippen molar-refractivity contribution in [2.75, 3.05) is 11.5 Å². The van der Waals surface area contributed by atoms with Gasteiger partial charge in [-0.15, -0.1) is 13.2 Å². The van der Waals surface area contributed by atoms with E-state index in [1.165, 1.54) is 24.5 Å². The van der Waals surface area contributed by atoms with E-state index in [-0.39, 0.29) is 16.8 Å². The van der Waals surface area contributed by atoms with E-state index in [2.05, 4.69) is 9.72 Å². The molecule has 0 radical (unpaired) electrons. The third kappa shape index (κ3) is 5.64. The first kappa shape index (κ1) is 26.7. The van der Waals surface area contributed by atoms with Crippen LogP contribution in [0.2, 0.25) is 0 Å². The fraction of sp³-hybridized carbons (Fsp3) is 0.250. The Kier molecular flexibility index (Phi) is 7.43. The van der Waals surface area contributed by atoms with Crippen molar-refractivity contribution in [3.05, 3.63) is 89.3 Å². The number of aromatic nitrogens is 1. The van der Waals surface area contributed by atoms with Crippen LogP contribution in [0, 0.1) is 12.8 Å². The summed E-state index contributed by atoms with van der Waals surface area (Å²) in [5.74, 6) is -2.05. The number of aryl methyl sites for hydroxylation is 1. The Hall–Kier alpha value is -4.34. The normalized spacial score (nSPS) is 17.2. The number of hydrogen-bond acceptors (Lipinski definition) is 6. The number of carbonyl (C=O) groups is 2. The van der Waals surface area contributed by atoms with Crippen LogP contribution in [0.3, 0.4) is 0 Å². The summed E-state index contributed by atoms with van der Waals surface area (Å²) in [4.78, 5) is 31.5. The maximum Gasteiger partial charge on any atom is 0.573 e. The second-order valence-corrected chi connectivity index (χ2v) is 9.18. The highest BCUT2D eigenvalue weighted by Crippen LogP contribution is 2.43. The lowest BCUT2D eigenvalue weighted by molar-refractivity contribution is -0.274. The van der Waals surface area contributed by atoms with Gasteiger partial charge in [0.2, 0.25) is 0 Å². The molecule has 1 saturated heterocycles. The first-order valence-corrected chi connectivity index (χ1v) is 11.8. The molecule has 0 aliphatic carbocycles. The van der Waals surface area contributed by atoms with Gasteiger partial charge in [0.1, 0.15) is 17.3 Å². The maximum absolute atomic E-state index is 13.3. The number of benzene rings is 2. The van der Waals surface area contributed by atoms with Gasteiger partial charge in [-0.3, -0.25) is 19.5 Å². The third-order valence-corrected chi connectivity index (χ3v) is 5.82. The highest BCUT2D eigenvalue weighted by Gasteiger charge is 2.47. The number of alkyl halides is 3. The Morgan fingerprint density at radius 3 is 2.42 bits per heavy atom. The number of aliphatic hydroxyl groups is 1. The van der Waals surface area contributed by atoms with E-state index in [1.807, 2.05) is 13.8 Å². The van der Waals surface area contributed by atoms with Crippen LogP contribution >= 0.6 is 0 Å². The summed E-state index contributed by atoms with van der Waals surface area (Å²) in [6.07, 6.45) is -2.05. The van der Waals surface area contributed by atoms with Crippen molar-refractivity contribution in [3.63, 3.8) is 0 Å². The van der Waals surface area contributed by atoms with Crippen molar-refractivity contribution in [1.82, 2.24) is 4.98 Å². The minimum absolute atomic E-state index is 0.0108. The molecule has 0 bridgehead atoms. The molecule has 1 N–H and O–H groups in total. The quantitative estimate of drug-likeness (QED) is 0.233. The van der Waals surface area contributed by atoms with E-state index in [9.17, 15) is 27.9 Å². The molecule has 1 fully saturated rings. The van der Waals surface area contributed by atoms with Crippen molar-refractivity contribution in [1.29, 1.82) is 0 Å². The second-order valence-electron chi connectivity index (χ2n) is 9.18. The molecule has 0 saturated carbocycles. The van der Waals surface area contributed by atoms with E-state index in [0.29, 0.717) is 29.4 Å². The fourth-order valence-electron chi connectivity index (χ4n) is 4.16. The predicted octanol–water partition coefficient (Wildman–Crippen LogP) is 5.95. The molecular weight excluding hydrogens is 501 g/mol. The molecule has 1 amide bonds. The largest absolute Gasteiger partial charge is 0.573 e. The van der Waals surface area contributed by atoms with E-state index >= 15 is 0 Å². The second kappa shape index (κ2) is 10.6. The molecule has 1 aliphatic rings. The SMILES string of the molecule is Cc1cc(/C(O)=C2\C(=O)C(=O)N(c3cccc(OC(F)(F)F)c3)C2c2ccncc2)ccc1OCC(C)C. The van der Waals surface area contributed by atoms with Gasteiger partial charge < -0.3 is 14.6 Å². The molecule has 2 aromatic carbocycles. The summed E-state index contributed by atoms with van der Waals surface area (Å²) in [6.45, 7) is 6.31. The summed E-state index contributed by atoms with van der Waals surface area (Å²) >= 11 is 0. The molecule has 1 aromatic heterocycles. The van der Waals surface area contributed by atoms with Gasteiger partial charge in [-0.05, 0) is 66.4 Å². The van der Waals surface area contributed by atoms with Crippen molar-refractivity contribution < 1.29 is 37.3 Å². The van der Waals surface area contributed by atoms with Crippen LogP contribution in [0.4, 0.5) is 18.9 Å². The number of rotatable bonds is 7. The highest BCUT2D eigenvalue weighted by atomic mass is 19.4. The molecule has 7 nitrogen and oxygen atoms in total. The topological polar surface area (TPSA) is 89.0 Å². The van der Waals surface area contributed by atoms with Crippen molar-refractivity contribution >= 4 is 23.1 Å². The Morgan fingerprint density at radius 2 is 1.79 bits per heavy atom. The number of aliphatic hydroxyl groups excluding tert-OH is 1. The number of halogens is 3. The lowest BCUT2D eigenvalue weighted by Gasteiger charge is -2.25. The third-order valence-electron chi connectivity index (χ3n) is 5.82. The summed E-state index contributed by atoms with van der Waals surface area (Å²) < 4.78 is 48.2. The summed E-state index contributed by atoms with van der Waals surface area (Å²) in [7, 11) is 0. The average Bonchev–Trinajstić information content (AvgIpc) is 3.12. The van der Waals surface area contributed by atoms with Gasteiger partial charge in [-0.25, -0.2) is 0 Å². The lowest BCUT2D eigenvalue weighted by Crippen LogP contribution is -2.29. The van der Waals surface area contributed by atoms with Crippen LogP contribution in [-0.2, 0) is 9.59 Å². The first-order valence-electron chi connectivity index (χ1n) is 11.8. The molecule has 1 unspecified atom stereocenters. The molecule has 198 valence electrons. The van der Waals surface area contributed by atoms with Crippen LogP contribution in [0.15, 0.2) is 72.6 Å². The molecule has 4 rings (SSSR count). The molecule has 1 atom stereocenters. The predicted molar refractivity (Wildman–Crippen MR) is 134 cm³/mol. The zero-order valence-corrected chi connectivity index (χ0v) is 20.8. The molecule has 0 spiro atoms. The van der Waals surface area contributed by atoms with E-state index < -0.39 is 35.6 Å². The standard InChI is InChI=1S/C28H25F3N2O5/c1-16(2)15-37-22-8-7-19(13-17(22)3)25(34)23-24(18-9-11-32-12-10-18)33(27(36)26(23)35)20-5-4-6-21(14-20)38-28(29,30)31/h4-14,16,24,34H,15H2,1-3H3/b25-23+. The maximum atomic E-state index is 13.3. The number of hydrogen-bond donors (Lipinski definition) is 1. The van der Waals surface area contributed by atoms with E-state index in [4.69, 9.17) is 4.74 Å². The summed E-state index contributed by atoms with van der Waals surface area (Å²) in [5, 5.41) is 11.3.